The average Bonchev–Trinajstić information content (AvgIpc) is 1.61. The quantitative estimate of drug-likeness (QED) is 0.0162. The van der Waals surface area contributed by atoms with Gasteiger partial charge in [0.25, 0.3) is 5.91 Å². The maximum Gasteiger partial charge on any atom is 0.418 e. The Balaban J connectivity index is 0.000000524. The Labute approximate surface area is 779 Å². The number of hydrogen-bond donors (Lipinski definition) is 13. The van der Waals surface area contributed by atoms with Gasteiger partial charge in [0.1, 0.15) is 76.3 Å². The summed E-state index contributed by atoms with van der Waals surface area (Å²) in [4.78, 5) is 162. The molecule has 10 saturated heterocycles. The number of fused-ring (bicyclic) bond motifs is 2. The number of carboxylic acid groups (broad SMARTS) is 1. The van der Waals surface area contributed by atoms with E-state index in [2.05, 4.69) is 71.8 Å². The fourth-order valence-electron chi connectivity index (χ4n) is 14.8. The third-order valence-electron chi connectivity index (χ3n) is 20.5. The van der Waals surface area contributed by atoms with Crippen molar-refractivity contribution in [1.82, 2.24) is 66.0 Å². The fourth-order valence-corrected chi connectivity index (χ4v) is 15.2. The number of azide groups is 1. The minimum atomic E-state index is -4.77. The summed E-state index contributed by atoms with van der Waals surface area (Å²) in [5.41, 5.74) is 13.4. The van der Waals surface area contributed by atoms with Crippen LogP contribution in [0.25, 0.3) is 10.4 Å². The maximum absolute atomic E-state index is 12.4. The molecule has 10 aliphatic rings. The van der Waals surface area contributed by atoms with Crippen LogP contribution in [-0.2, 0) is 95.6 Å². The molecular weight excluding hydrogens is 1800 g/mol. The number of esters is 5. The van der Waals surface area contributed by atoms with E-state index in [1.807, 2.05) is 20.8 Å². The molecule has 768 valence electrons. The van der Waals surface area contributed by atoms with E-state index in [1.54, 1.807) is 104 Å². The average molecular weight is 1950 g/mol. The van der Waals surface area contributed by atoms with E-state index in [0.29, 0.717) is 102 Å². The molecule has 0 saturated carbocycles. The smallest absolute Gasteiger partial charge is 0.418 e. The zero-order valence-electron chi connectivity index (χ0n) is 80.7. The number of nitrogens with one attached hydrogen (secondary N) is 4. The van der Waals surface area contributed by atoms with Gasteiger partial charge in [0, 0.05) is 82.6 Å². The van der Waals surface area contributed by atoms with Gasteiger partial charge in [-0.1, -0.05) is 25.9 Å². The summed E-state index contributed by atoms with van der Waals surface area (Å²) in [6.07, 6.45) is 0.611. The van der Waals surface area contributed by atoms with E-state index in [9.17, 15) is 75.9 Å². The number of aromatic nitrogens is 2. The van der Waals surface area contributed by atoms with Crippen LogP contribution in [0.5, 0.6) is 0 Å². The first-order chi connectivity index (χ1) is 61.5. The minimum absolute atomic E-state index is 0. The Morgan fingerprint density at radius 3 is 1.19 bits per heavy atom. The second-order valence-corrected chi connectivity index (χ2v) is 38.9. The largest absolute Gasteiger partial charge is 0.480 e. The van der Waals surface area contributed by atoms with E-state index >= 15 is 0 Å². The van der Waals surface area contributed by atoms with Crippen molar-refractivity contribution in [2.24, 2.45) is 46.1 Å². The van der Waals surface area contributed by atoms with Crippen LogP contribution < -0.4 is 44.6 Å². The molecule has 1 aromatic heterocycles. The Bertz CT molecular complexity index is 3950. The van der Waals surface area contributed by atoms with Crippen LogP contribution in [0, 0.1) is 17.8 Å². The molecule has 10 fully saturated rings. The number of rotatable bonds is 12. The molecule has 11 rings (SSSR count). The van der Waals surface area contributed by atoms with Gasteiger partial charge in [0.2, 0.25) is 11.8 Å². The molecule has 11 heterocycles. The van der Waals surface area contributed by atoms with Crippen LogP contribution in [0.1, 0.15) is 213 Å². The van der Waals surface area contributed by atoms with Crippen LogP contribution in [0.3, 0.4) is 0 Å². The van der Waals surface area contributed by atoms with Gasteiger partial charge in [0.15, 0.2) is 0 Å². The number of amides is 8. The van der Waals surface area contributed by atoms with E-state index in [1.165, 1.54) is 64.9 Å². The number of nitrogens with zero attached hydrogens (tertiary/aromatic N) is 12. The van der Waals surface area contributed by atoms with Gasteiger partial charge in [-0.15, -0.1) is 14.5 Å². The van der Waals surface area contributed by atoms with Crippen molar-refractivity contribution in [3.63, 3.8) is 0 Å². The Kier molecular flexibility index (Phi) is 47.7. The highest BCUT2D eigenvalue weighted by molar-refractivity contribution is 7.80. The van der Waals surface area contributed by atoms with Gasteiger partial charge in [0.05, 0.1) is 78.5 Å². The monoisotopic (exact) mass is 1940 g/mol. The summed E-state index contributed by atoms with van der Waals surface area (Å²) in [6, 6.07) is -6.02. The molecule has 10 aliphatic heterocycles. The lowest BCUT2D eigenvalue weighted by Crippen LogP contribution is -2.49. The molecule has 18 atom stereocenters. The highest BCUT2D eigenvalue weighted by Gasteiger charge is 2.51. The number of nitrogens with two attached hydrogens (primary N) is 4. The van der Waals surface area contributed by atoms with Crippen LogP contribution in [0.4, 0.5) is 28.8 Å². The highest BCUT2D eigenvalue weighted by Crippen LogP contribution is 2.40. The zero-order valence-corrected chi connectivity index (χ0v) is 81.5. The van der Waals surface area contributed by atoms with E-state index < -0.39 is 165 Å². The fraction of sp³-hybridized carbons (Fsp3) is 0.812. The standard InChI is InChI=1S/C12H18N6O6S.2C12H21NO4.C11H18N4O4.C11H21N3O3.C11H19NO5.C6H11NO3.C5H9NO3.H4N2.H2O/c13-6-3-8(14-4-6)10-15-16-11(23-10)9-2-1-7-5-17(9)12(19)18(7)24-25(20,21)22;2*1-8-6-9(10(14)16-5)13(7-8)11(15)17-12(2,3)4;1-11(2,3)19-10(17)15-6-7(13-14-12)5-8(15)9(16)18-4;1-7-5-8(9(15)13-12)14(6-7)10(16)17-11(2,3)4;1-11(2,3)17-10(15)12-6-7(13)5-8(12)9(14)16-4;1-10-6(9)5-2-4(8)3-7-5;7-3-1-4(5(8)9)6-2-3;1-2;/h6-9,14H,1-5,13H2,(H,20,21,22);2*8-9H,6-7H2,1-5H3;7-8H,5-6H2,1-4H3;7-8H,5-6,12H2,1-4H3,(H,13,15);7-8,13H,5-6H2,1-4H3;4-5,7-8H,2-3H2,1H3;3-4,6-7H,1-2H2,(H,8,9);1-2H2;1H2/t6-,7+,8-,9-;8-,9+;8-,9-;2*7-,8-;7-,8+;4-,5+;3-,4+;;/m01000111../s1. The van der Waals surface area contributed by atoms with Crippen molar-refractivity contribution in [3.05, 3.63) is 22.2 Å². The Morgan fingerprint density at radius 1 is 0.493 bits per heavy atom. The maximum atomic E-state index is 12.4. The van der Waals surface area contributed by atoms with Crippen molar-refractivity contribution in [3.8, 4) is 0 Å². The van der Waals surface area contributed by atoms with Crippen LogP contribution in [-0.4, -0.2) is 363 Å². The number of likely N-dealkylation sites (tertiary alicyclic amines) is 5. The number of β-amino-alcohol motifs (C(OH)–C–C–N with tert-alkyl or cyclic N) is 3. The molecule has 0 spiro atoms. The van der Waals surface area contributed by atoms with E-state index in [0.717, 1.165) is 0 Å². The molecule has 0 aliphatic carbocycles. The van der Waals surface area contributed by atoms with Gasteiger partial charge in [-0.25, -0.2) is 53.8 Å². The number of hydrogen-bond acceptors (Lipinski definition) is 40. The Morgan fingerprint density at radius 2 is 0.851 bits per heavy atom. The number of aliphatic hydroxyl groups is 3. The summed E-state index contributed by atoms with van der Waals surface area (Å²) in [5.74, 6) is 11.3. The summed E-state index contributed by atoms with van der Waals surface area (Å²) < 4.78 is 90.1. The predicted octanol–water partition coefficient (Wildman–Crippen LogP) is 1.39. The lowest BCUT2D eigenvalue weighted by atomic mass is 10.0. The van der Waals surface area contributed by atoms with Gasteiger partial charge < -0.3 is 104 Å². The van der Waals surface area contributed by atoms with E-state index in [4.69, 9.17) is 74.6 Å². The zero-order chi connectivity index (χ0) is 102. The first-order valence-corrected chi connectivity index (χ1v) is 44.5. The number of urea groups is 1. The number of piperidine rings is 1. The molecule has 8 amide bonds. The lowest BCUT2D eigenvalue weighted by Gasteiger charge is -2.27. The van der Waals surface area contributed by atoms with Crippen molar-refractivity contribution in [2.45, 2.75) is 308 Å². The number of methoxy groups -OCH3 is 5. The van der Waals surface area contributed by atoms with Gasteiger partial charge >= 0.3 is 82.7 Å². The summed E-state index contributed by atoms with van der Waals surface area (Å²) in [7, 11) is 1.74. The molecule has 2 bridgehead atoms. The van der Waals surface area contributed by atoms with Crippen molar-refractivity contribution >= 4 is 88.6 Å². The third kappa shape index (κ3) is 39.6. The summed E-state index contributed by atoms with van der Waals surface area (Å²) in [5, 5.41) is 56.6. The number of aliphatic hydroxyl groups excluding tert-OH is 3. The molecule has 1 aromatic rings. The van der Waals surface area contributed by atoms with Gasteiger partial charge in [-0.3, -0.25) is 60.5 Å². The van der Waals surface area contributed by atoms with Crippen molar-refractivity contribution < 1.29 is 157 Å². The summed E-state index contributed by atoms with van der Waals surface area (Å²) in [6.45, 7) is 36.3. The molecule has 19 N–H and O–H groups in total. The molecule has 0 unspecified atom stereocenters. The first-order valence-electron chi connectivity index (χ1n) is 43.1. The minimum Gasteiger partial charge on any atom is -0.480 e. The van der Waals surface area contributed by atoms with Crippen LogP contribution in [0.2, 0.25) is 0 Å². The SMILES string of the molecule is COC(=O)[C@@H]1C[C@@H](C)CN1C(=O)OC(C)(C)C.COC(=O)[C@@H]1C[C@@H](O)CN1.COC(=O)[C@@H]1C[C@@H](O)CN1C(=O)OC(C)(C)C.COC(=O)[C@@H]1C[C@H](C)CN1C(=O)OC(C)(C)C.COC(=O)[C@@H]1C[C@H](N=[N+]=[N-])CN1C(=O)OC(C)(C)C.C[C@H]1C[C@@H](C(=O)NN)N(C(=O)OC(C)(C)C)C1.NN.N[C@@H]1CN[C@H](c2nnc([C@@H]3CC[C@@H]4CN3C(=O)N4OS(=O)(=O)O)o2)C1.O.O=C(O)[C@@H]1C[C@@H](O)CN1. The number of carbonyl (C=O) groups is 13. The van der Waals surface area contributed by atoms with Crippen molar-refractivity contribution in [2.75, 3.05) is 94.5 Å². The second kappa shape index (κ2) is 53.3. The molecule has 134 heavy (non-hydrogen) atoms. The highest BCUT2D eigenvalue weighted by atomic mass is 32.3. The molecular formula is C80H144N20O33S. The number of carbonyl (C=O) groups excluding carboxylic acids is 12. The number of ether oxygens (including phenoxy) is 10. The topological polar surface area (TPSA) is 753 Å². The first kappa shape index (κ1) is 120. The van der Waals surface area contributed by atoms with Gasteiger partial charge in [-0.05, 0) is 172 Å². The van der Waals surface area contributed by atoms with Crippen LogP contribution in [0.15, 0.2) is 9.53 Å². The van der Waals surface area contributed by atoms with E-state index in [-0.39, 0.29) is 104 Å². The molecule has 0 aromatic carbocycles. The molecule has 53 nitrogen and oxygen atoms in total. The number of hydrazine groups is 2. The third-order valence-corrected chi connectivity index (χ3v) is 20.8. The summed E-state index contributed by atoms with van der Waals surface area (Å²) >= 11 is 0. The number of aliphatic carboxylic acids is 1. The second-order valence-electron chi connectivity index (χ2n) is 37.9. The van der Waals surface area contributed by atoms with Crippen molar-refractivity contribution in [1.29, 1.82) is 0 Å². The predicted molar refractivity (Wildman–Crippen MR) is 470 cm³/mol. The molecule has 54 heteroatoms. The Hall–Kier alpha value is -10.2. The number of carboxylic acids is 1. The van der Waals surface area contributed by atoms with Gasteiger partial charge in [-0.2, -0.15) is 13.5 Å². The van der Waals surface area contributed by atoms with Crippen LogP contribution >= 0.6 is 0 Å². The lowest BCUT2D eigenvalue weighted by molar-refractivity contribution is -0.146. The normalized spacial score (nSPS) is 26.6. The number of hydroxylamine groups is 2. The molecule has 0 radical (unpaired) electrons.